The topological polar surface area (TPSA) is 26.3 Å². The van der Waals surface area contributed by atoms with Gasteiger partial charge in [-0.05, 0) is 46.0 Å². The summed E-state index contributed by atoms with van der Waals surface area (Å²) in [6, 6.07) is 0. The van der Waals surface area contributed by atoms with Crippen LogP contribution in [0.15, 0.2) is 0 Å². The zero-order valence-corrected chi connectivity index (χ0v) is 21.5. The Labute approximate surface area is 190 Å². The van der Waals surface area contributed by atoms with Crippen LogP contribution in [-0.4, -0.2) is 12.1 Å². The molecule has 0 saturated heterocycles. The molecule has 2 nitrogen and oxygen atoms in total. The number of ether oxygens (including phenoxy) is 1. The Morgan fingerprint density at radius 2 is 0.967 bits per heavy atom. The molecule has 0 aromatic carbocycles. The smallest absolute Gasteiger partial charge is 0.311 e. The molecule has 0 N–H and O–H groups in total. The third-order valence-electron chi connectivity index (χ3n) is 6.49. The molecule has 0 bridgehead atoms. The highest BCUT2D eigenvalue weighted by molar-refractivity contribution is 5.76. The molecule has 0 aliphatic heterocycles. The number of hydrogen-bond donors (Lipinski definition) is 0. The van der Waals surface area contributed by atoms with Crippen LogP contribution >= 0.6 is 0 Å². The van der Waals surface area contributed by atoms with Crippen LogP contribution in [-0.2, 0) is 9.53 Å². The fraction of sp³-hybridized carbons (Fsp3) is 0.964. The lowest BCUT2D eigenvalue weighted by Crippen LogP contribution is -2.31. The van der Waals surface area contributed by atoms with Crippen LogP contribution in [0.25, 0.3) is 0 Å². The molecule has 0 radical (unpaired) electrons. The van der Waals surface area contributed by atoms with Crippen LogP contribution in [0.1, 0.15) is 163 Å². The van der Waals surface area contributed by atoms with Gasteiger partial charge in [0.15, 0.2) is 0 Å². The normalized spacial score (nSPS) is 12.8. The van der Waals surface area contributed by atoms with Crippen LogP contribution in [0, 0.1) is 5.41 Å². The van der Waals surface area contributed by atoms with E-state index in [1.165, 1.54) is 103 Å². The molecular weight excluding hydrogens is 368 g/mol. The standard InChI is InChI=1S/C28H56O2/c1-6-9-12-15-16-17-18-19-21-24-26(23-20-13-10-7-2)30-27(29)28(4,5)25-22-14-11-8-3/h26H,6-25H2,1-5H3. The minimum absolute atomic E-state index is 0.0374. The van der Waals surface area contributed by atoms with Gasteiger partial charge < -0.3 is 4.74 Å². The largest absolute Gasteiger partial charge is 0.462 e. The molecule has 2 heteroatoms. The summed E-state index contributed by atoms with van der Waals surface area (Å²) in [6.07, 6.45) is 25.2. The lowest BCUT2D eigenvalue weighted by Gasteiger charge is -2.27. The second kappa shape index (κ2) is 20.4. The fourth-order valence-corrected chi connectivity index (χ4v) is 4.15. The van der Waals surface area contributed by atoms with Gasteiger partial charge in [0.05, 0.1) is 5.41 Å². The van der Waals surface area contributed by atoms with Gasteiger partial charge in [-0.15, -0.1) is 0 Å². The van der Waals surface area contributed by atoms with E-state index in [2.05, 4.69) is 34.6 Å². The Morgan fingerprint density at radius 1 is 0.600 bits per heavy atom. The van der Waals surface area contributed by atoms with Crippen molar-refractivity contribution in [3.05, 3.63) is 0 Å². The van der Waals surface area contributed by atoms with E-state index in [1.807, 2.05) is 0 Å². The maximum Gasteiger partial charge on any atom is 0.311 e. The van der Waals surface area contributed by atoms with E-state index >= 15 is 0 Å². The zero-order chi connectivity index (χ0) is 22.5. The van der Waals surface area contributed by atoms with E-state index in [9.17, 15) is 4.79 Å². The van der Waals surface area contributed by atoms with E-state index in [0.717, 1.165) is 25.7 Å². The summed E-state index contributed by atoms with van der Waals surface area (Å²) in [4.78, 5) is 12.9. The first-order valence-corrected chi connectivity index (χ1v) is 13.7. The molecule has 30 heavy (non-hydrogen) atoms. The van der Waals surface area contributed by atoms with Crippen molar-refractivity contribution in [3.8, 4) is 0 Å². The first-order valence-electron chi connectivity index (χ1n) is 13.7. The molecule has 0 heterocycles. The molecule has 0 fully saturated rings. The Hall–Kier alpha value is -0.530. The van der Waals surface area contributed by atoms with Crippen molar-refractivity contribution < 1.29 is 9.53 Å². The van der Waals surface area contributed by atoms with Crippen LogP contribution in [0.3, 0.4) is 0 Å². The third-order valence-corrected chi connectivity index (χ3v) is 6.49. The molecule has 0 aliphatic carbocycles. The fourth-order valence-electron chi connectivity index (χ4n) is 4.15. The lowest BCUT2D eigenvalue weighted by molar-refractivity contribution is -0.161. The van der Waals surface area contributed by atoms with Crippen molar-refractivity contribution in [1.29, 1.82) is 0 Å². The summed E-state index contributed by atoms with van der Waals surface area (Å²) < 4.78 is 6.09. The lowest BCUT2D eigenvalue weighted by atomic mass is 9.86. The first kappa shape index (κ1) is 29.5. The van der Waals surface area contributed by atoms with Crippen molar-refractivity contribution in [2.75, 3.05) is 0 Å². The van der Waals surface area contributed by atoms with Gasteiger partial charge in [0.25, 0.3) is 0 Å². The Bertz CT molecular complexity index is 375. The molecule has 0 aromatic rings. The maximum absolute atomic E-state index is 12.9. The Balaban J connectivity index is 4.26. The molecule has 0 aromatic heterocycles. The molecule has 0 aliphatic rings. The van der Waals surface area contributed by atoms with Crippen molar-refractivity contribution in [2.45, 2.75) is 169 Å². The van der Waals surface area contributed by atoms with Gasteiger partial charge >= 0.3 is 5.97 Å². The number of carbonyl (C=O) groups excluding carboxylic acids is 1. The van der Waals surface area contributed by atoms with Crippen LogP contribution in [0.2, 0.25) is 0 Å². The molecule has 1 unspecified atom stereocenters. The first-order chi connectivity index (χ1) is 14.5. The van der Waals surface area contributed by atoms with Gasteiger partial charge in [-0.3, -0.25) is 4.79 Å². The number of esters is 1. The number of rotatable bonds is 22. The van der Waals surface area contributed by atoms with Crippen molar-refractivity contribution in [2.24, 2.45) is 5.41 Å². The van der Waals surface area contributed by atoms with Gasteiger partial charge in [0.1, 0.15) is 6.10 Å². The van der Waals surface area contributed by atoms with Gasteiger partial charge in [0.2, 0.25) is 0 Å². The zero-order valence-electron chi connectivity index (χ0n) is 21.5. The van der Waals surface area contributed by atoms with Gasteiger partial charge in [-0.25, -0.2) is 0 Å². The SMILES string of the molecule is CCCCCCCCCCCC(CCCCCC)OC(=O)C(C)(C)CCCCCC. The van der Waals surface area contributed by atoms with Crippen molar-refractivity contribution >= 4 is 5.97 Å². The Morgan fingerprint density at radius 3 is 1.43 bits per heavy atom. The second-order valence-corrected chi connectivity index (χ2v) is 10.2. The molecule has 1 atom stereocenters. The van der Waals surface area contributed by atoms with Gasteiger partial charge in [0, 0.05) is 0 Å². The minimum atomic E-state index is -0.339. The number of hydrogen-bond acceptors (Lipinski definition) is 2. The van der Waals surface area contributed by atoms with E-state index in [4.69, 9.17) is 4.74 Å². The summed E-state index contributed by atoms with van der Waals surface area (Å²) in [5, 5.41) is 0. The van der Waals surface area contributed by atoms with E-state index in [0.29, 0.717) is 0 Å². The predicted molar refractivity (Wildman–Crippen MR) is 133 cm³/mol. The van der Waals surface area contributed by atoms with Gasteiger partial charge in [-0.2, -0.15) is 0 Å². The Kier molecular flexibility index (Phi) is 20.0. The molecule has 0 amide bonds. The van der Waals surface area contributed by atoms with Crippen LogP contribution < -0.4 is 0 Å². The second-order valence-electron chi connectivity index (χ2n) is 10.2. The van der Waals surface area contributed by atoms with E-state index in [1.54, 1.807) is 0 Å². The summed E-state index contributed by atoms with van der Waals surface area (Å²) in [5.74, 6) is 0.0374. The van der Waals surface area contributed by atoms with E-state index in [-0.39, 0.29) is 17.5 Å². The molecule has 0 rings (SSSR count). The number of unbranched alkanes of at least 4 members (excludes halogenated alkanes) is 14. The average Bonchev–Trinajstić information content (AvgIpc) is 2.72. The summed E-state index contributed by atoms with van der Waals surface area (Å²) in [7, 11) is 0. The average molecular weight is 425 g/mol. The van der Waals surface area contributed by atoms with Crippen molar-refractivity contribution in [1.82, 2.24) is 0 Å². The van der Waals surface area contributed by atoms with Crippen molar-refractivity contribution in [3.63, 3.8) is 0 Å². The predicted octanol–water partition coefficient (Wildman–Crippen LogP) is 9.79. The highest BCUT2D eigenvalue weighted by Crippen LogP contribution is 2.28. The molecule has 180 valence electrons. The maximum atomic E-state index is 12.9. The third kappa shape index (κ3) is 17.2. The van der Waals surface area contributed by atoms with E-state index < -0.39 is 0 Å². The highest BCUT2D eigenvalue weighted by atomic mass is 16.5. The molecular formula is C28H56O2. The minimum Gasteiger partial charge on any atom is -0.462 e. The van der Waals surface area contributed by atoms with Crippen LogP contribution in [0.5, 0.6) is 0 Å². The quantitative estimate of drug-likeness (QED) is 0.128. The summed E-state index contributed by atoms with van der Waals surface area (Å²) >= 11 is 0. The molecule has 0 spiro atoms. The summed E-state index contributed by atoms with van der Waals surface area (Å²) in [5.41, 5.74) is -0.339. The highest BCUT2D eigenvalue weighted by Gasteiger charge is 2.30. The van der Waals surface area contributed by atoms with Gasteiger partial charge in [-0.1, -0.05) is 117 Å². The monoisotopic (exact) mass is 424 g/mol. The number of carbonyl (C=O) groups is 1. The van der Waals surface area contributed by atoms with Crippen LogP contribution in [0.4, 0.5) is 0 Å². The molecule has 0 saturated carbocycles. The summed E-state index contributed by atoms with van der Waals surface area (Å²) in [6.45, 7) is 10.9.